The maximum absolute atomic E-state index is 4.04. The van der Waals surface area contributed by atoms with E-state index in [1.807, 2.05) is 36.4 Å². The number of tetrazole rings is 2. The van der Waals surface area contributed by atoms with Gasteiger partial charge < -0.3 is 0 Å². The van der Waals surface area contributed by atoms with Gasteiger partial charge in [-0.05, 0) is 34.7 Å². The van der Waals surface area contributed by atoms with E-state index in [0.717, 1.165) is 11.4 Å². The van der Waals surface area contributed by atoms with Crippen LogP contribution in [-0.4, -0.2) is 51.2 Å². The minimum atomic E-state index is 0.519. The number of aromatic amines is 2. The standard InChI is InChI=1S/2C6H5N5/c2*1-2-4-7-5(3-1)6-8-10-11-9-6/h2*1-4H,(H,8,9,10,11). The fourth-order valence-electron chi connectivity index (χ4n) is 1.53. The molecule has 0 amide bonds. The van der Waals surface area contributed by atoms with Gasteiger partial charge in [-0.2, -0.15) is 10.4 Å². The highest BCUT2D eigenvalue weighted by molar-refractivity contribution is 5.46. The molecule has 4 aromatic heterocycles. The number of hydrogen-bond acceptors (Lipinski definition) is 8. The second kappa shape index (κ2) is 6.74. The van der Waals surface area contributed by atoms with E-state index in [2.05, 4.69) is 51.2 Å². The average molecular weight is 294 g/mol. The van der Waals surface area contributed by atoms with E-state index in [1.54, 1.807) is 12.4 Å². The Morgan fingerprint density at radius 3 is 1.45 bits per heavy atom. The van der Waals surface area contributed by atoms with Crippen molar-refractivity contribution in [1.82, 2.24) is 51.2 Å². The number of pyridine rings is 2. The third kappa shape index (κ3) is 3.30. The molecule has 0 radical (unpaired) electrons. The van der Waals surface area contributed by atoms with Crippen molar-refractivity contribution in [1.29, 1.82) is 0 Å². The number of hydrogen-bond donors (Lipinski definition) is 2. The third-order valence-electron chi connectivity index (χ3n) is 2.48. The van der Waals surface area contributed by atoms with Crippen molar-refractivity contribution in [3.63, 3.8) is 0 Å². The molecule has 0 unspecified atom stereocenters. The summed E-state index contributed by atoms with van der Waals surface area (Å²) in [4.78, 5) is 8.07. The summed E-state index contributed by atoms with van der Waals surface area (Å²) in [5, 5.41) is 26.7. The third-order valence-corrected chi connectivity index (χ3v) is 2.48. The molecule has 4 heterocycles. The zero-order valence-electron chi connectivity index (χ0n) is 11.2. The van der Waals surface area contributed by atoms with Crippen LogP contribution in [0.1, 0.15) is 0 Å². The summed E-state index contributed by atoms with van der Waals surface area (Å²) in [6.45, 7) is 0. The molecule has 0 fully saturated rings. The molecule has 4 rings (SSSR count). The number of rotatable bonds is 2. The Kier molecular flexibility index (Phi) is 4.11. The van der Waals surface area contributed by atoms with Gasteiger partial charge in [0.2, 0.25) is 11.6 Å². The minimum Gasteiger partial charge on any atom is -0.253 e. The van der Waals surface area contributed by atoms with Crippen molar-refractivity contribution in [2.24, 2.45) is 0 Å². The van der Waals surface area contributed by atoms with Crippen LogP contribution in [0.2, 0.25) is 0 Å². The second-order valence-corrected chi connectivity index (χ2v) is 3.90. The van der Waals surface area contributed by atoms with Crippen molar-refractivity contribution < 1.29 is 0 Å². The number of nitrogens with zero attached hydrogens (tertiary/aromatic N) is 8. The van der Waals surface area contributed by atoms with Crippen molar-refractivity contribution in [2.75, 3.05) is 0 Å². The average Bonchev–Trinajstić information content (AvgIpc) is 3.31. The largest absolute Gasteiger partial charge is 0.253 e. The van der Waals surface area contributed by atoms with Crippen molar-refractivity contribution in [3.8, 4) is 23.0 Å². The molecule has 0 saturated heterocycles. The summed E-state index contributed by atoms with van der Waals surface area (Å²) in [5.74, 6) is 1.04. The molecule has 108 valence electrons. The molecule has 0 spiro atoms. The quantitative estimate of drug-likeness (QED) is 0.546. The lowest BCUT2D eigenvalue weighted by Crippen LogP contribution is -1.83. The first-order chi connectivity index (χ1) is 10.9. The van der Waals surface area contributed by atoms with Crippen LogP contribution in [0.25, 0.3) is 23.0 Å². The smallest absolute Gasteiger partial charge is 0.222 e. The molecule has 0 aliphatic heterocycles. The van der Waals surface area contributed by atoms with Crippen LogP contribution in [-0.2, 0) is 0 Å². The Labute approximate surface area is 124 Å². The first kappa shape index (κ1) is 13.4. The first-order valence-electron chi connectivity index (χ1n) is 6.23. The molecule has 0 bridgehead atoms. The summed E-state index contributed by atoms with van der Waals surface area (Å²) in [6.07, 6.45) is 3.37. The molecule has 0 aliphatic rings. The topological polar surface area (TPSA) is 135 Å². The monoisotopic (exact) mass is 294 g/mol. The predicted molar refractivity (Wildman–Crippen MR) is 74.8 cm³/mol. The molecule has 10 nitrogen and oxygen atoms in total. The van der Waals surface area contributed by atoms with Gasteiger partial charge in [0.15, 0.2) is 0 Å². The summed E-state index contributed by atoms with van der Waals surface area (Å²) in [6, 6.07) is 11.1. The lowest BCUT2D eigenvalue weighted by molar-refractivity contribution is 0.881. The van der Waals surface area contributed by atoms with Crippen molar-refractivity contribution in [3.05, 3.63) is 48.8 Å². The highest BCUT2D eigenvalue weighted by atomic mass is 15.5. The van der Waals surface area contributed by atoms with Crippen molar-refractivity contribution >= 4 is 0 Å². The maximum atomic E-state index is 4.04. The van der Waals surface area contributed by atoms with E-state index in [-0.39, 0.29) is 0 Å². The van der Waals surface area contributed by atoms with Crippen molar-refractivity contribution in [2.45, 2.75) is 0 Å². The summed E-state index contributed by atoms with van der Waals surface area (Å²) < 4.78 is 0. The van der Waals surface area contributed by atoms with Gasteiger partial charge in [0.05, 0.1) is 0 Å². The minimum absolute atomic E-state index is 0.519. The Hall–Kier alpha value is -3.56. The van der Waals surface area contributed by atoms with Crippen LogP contribution < -0.4 is 0 Å². The van der Waals surface area contributed by atoms with Crippen LogP contribution in [0.5, 0.6) is 0 Å². The van der Waals surface area contributed by atoms with Gasteiger partial charge in [-0.1, -0.05) is 12.1 Å². The van der Waals surface area contributed by atoms with Crippen LogP contribution in [0.4, 0.5) is 0 Å². The fourth-order valence-corrected chi connectivity index (χ4v) is 1.53. The second-order valence-electron chi connectivity index (χ2n) is 3.90. The highest BCUT2D eigenvalue weighted by Gasteiger charge is 2.01. The van der Waals surface area contributed by atoms with E-state index in [0.29, 0.717) is 11.6 Å². The predicted octanol–water partition coefficient (Wildman–Crippen LogP) is 0.523. The van der Waals surface area contributed by atoms with E-state index >= 15 is 0 Å². The Bertz CT molecular complexity index is 698. The SMILES string of the molecule is c1ccc(-c2nn[nH]n2)nc1.c1ccc(-c2nn[nH]n2)nc1. The van der Waals surface area contributed by atoms with E-state index < -0.39 is 0 Å². The number of H-pyrrole nitrogens is 2. The van der Waals surface area contributed by atoms with Crippen LogP contribution >= 0.6 is 0 Å². The molecule has 10 heteroatoms. The molecular formula is C12H10N10. The molecule has 4 aromatic rings. The molecule has 0 atom stereocenters. The fraction of sp³-hybridized carbons (Fsp3) is 0. The van der Waals surface area contributed by atoms with Gasteiger partial charge in [0.25, 0.3) is 0 Å². The Balaban J connectivity index is 0.000000131. The number of nitrogens with one attached hydrogen (secondary N) is 2. The Morgan fingerprint density at radius 2 is 1.14 bits per heavy atom. The van der Waals surface area contributed by atoms with Gasteiger partial charge >= 0.3 is 0 Å². The molecule has 0 aromatic carbocycles. The van der Waals surface area contributed by atoms with Crippen LogP contribution in [0.15, 0.2) is 48.8 Å². The summed E-state index contributed by atoms with van der Waals surface area (Å²) in [5.41, 5.74) is 1.45. The van der Waals surface area contributed by atoms with E-state index in [4.69, 9.17) is 0 Å². The van der Waals surface area contributed by atoms with Gasteiger partial charge in [-0.25, -0.2) is 0 Å². The zero-order chi connectivity index (χ0) is 15.0. The number of aromatic nitrogens is 10. The molecule has 0 aliphatic carbocycles. The first-order valence-corrected chi connectivity index (χ1v) is 6.23. The van der Waals surface area contributed by atoms with E-state index in [1.165, 1.54) is 0 Å². The van der Waals surface area contributed by atoms with Gasteiger partial charge in [0, 0.05) is 12.4 Å². The van der Waals surface area contributed by atoms with E-state index in [9.17, 15) is 0 Å². The highest BCUT2D eigenvalue weighted by Crippen LogP contribution is 2.06. The zero-order valence-corrected chi connectivity index (χ0v) is 11.2. The van der Waals surface area contributed by atoms with Gasteiger partial charge in [0.1, 0.15) is 11.4 Å². The lowest BCUT2D eigenvalue weighted by atomic mass is 10.3. The summed E-state index contributed by atoms with van der Waals surface area (Å²) in [7, 11) is 0. The molecule has 0 saturated carbocycles. The van der Waals surface area contributed by atoms with Crippen LogP contribution in [0.3, 0.4) is 0 Å². The molecular weight excluding hydrogens is 284 g/mol. The summed E-state index contributed by atoms with van der Waals surface area (Å²) >= 11 is 0. The Morgan fingerprint density at radius 1 is 0.636 bits per heavy atom. The molecule has 22 heavy (non-hydrogen) atoms. The van der Waals surface area contributed by atoms with Gasteiger partial charge in [-0.15, -0.1) is 20.4 Å². The lowest BCUT2D eigenvalue weighted by Gasteiger charge is -1.88. The van der Waals surface area contributed by atoms with Crippen LogP contribution in [0, 0.1) is 0 Å². The van der Waals surface area contributed by atoms with Gasteiger partial charge in [-0.3, -0.25) is 9.97 Å². The normalized spacial score (nSPS) is 9.82. The maximum Gasteiger partial charge on any atom is 0.222 e. The molecule has 2 N–H and O–H groups in total.